The molecule has 0 aliphatic heterocycles. The lowest BCUT2D eigenvalue weighted by Crippen LogP contribution is -2.47. The van der Waals surface area contributed by atoms with Gasteiger partial charge in [0.2, 0.25) is 5.91 Å². The van der Waals surface area contributed by atoms with Gasteiger partial charge in [-0.3, -0.25) is 4.79 Å². The first kappa shape index (κ1) is 18.5. The van der Waals surface area contributed by atoms with Crippen LogP contribution in [0.2, 0.25) is 0 Å². The molecule has 4 aliphatic carbocycles. The number of rotatable bonds is 7. The Bertz CT molecular complexity index is 679. The maximum atomic E-state index is 12.8. The summed E-state index contributed by atoms with van der Waals surface area (Å²) in [7, 11) is 4.84. The maximum Gasteiger partial charge on any atom is 0.220 e. The summed E-state index contributed by atoms with van der Waals surface area (Å²) in [5.41, 5.74) is 1.16. The third kappa shape index (κ3) is 3.61. The van der Waals surface area contributed by atoms with Gasteiger partial charge in [0.25, 0.3) is 0 Å². The van der Waals surface area contributed by atoms with Crippen LogP contribution < -0.4 is 19.5 Å². The molecular weight excluding hydrogens is 342 g/mol. The largest absolute Gasteiger partial charge is 0.496 e. The van der Waals surface area contributed by atoms with Crippen molar-refractivity contribution in [2.45, 2.75) is 51.5 Å². The van der Waals surface area contributed by atoms with Gasteiger partial charge in [-0.2, -0.15) is 0 Å². The van der Waals surface area contributed by atoms with Crippen LogP contribution in [0.1, 0.15) is 50.5 Å². The fourth-order valence-corrected chi connectivity index (χ4v) is 6.33. The number of methoxy groups -OCH3 is 3. The lowest BCUT2D eigenvalue weighted by Gasteiger charge is -2.56. The summed E-state index contributed by atoms with van der Waals surface area (Å²) in [6.45, 7) is 0.439. The van der Waals surface area contributed by atoms with Crippen molar-refractivity contribution in [3.63, 3.8) is 0 Å². The molecule has 5 heteroatoms. The molecule has 1 aromatic carbocycles. The van der Waals surface area contributed by atoms with Gasteiger partial charge in [0.15, 0.2) is 11.5 Å². The Kier molecular flexibility index (Phi) is 4.95. The average molecular weight is 373 g/mol. The summed E-state index contributed by atoms with van der Waals surface area (Å²) < 4.78 is 16.2. The summed E-state index contributed by atoms with van der Waals surface area (Å²) in [4.78, 5) is 12.8. The smallest absolute Gasteiger partial charge is 0.220 e. The van der Waals surface area contributed by atoms with E-state index in [1.54, 1.807) is 27.4 Å². The fraction of sp³-hybridized carbons (Fsp3) is 0.682. The van der Waals surface area contributed by atoms with Gasteiger partial charge in [0, 0.05) is 24.6 Å². The Labute approximate surface area is 161 Å². The van der Waals surface area contributed by atoms with Crippen molar-refractivity contribution in [2.75, 3.05) is 21.3 Å². The Morgan fingerprint density at radius 2 is 1.44 bits per heavy atom. The third-order valence-corrected chi connectivity index (χ3v) is 6.96. The molecule has 0 unspecified atom stereocenters. The van der Waals surface area contributed by atoms with E-state index in [1.165, 1.54) is 38.5 Å². The van der Waals surface area contributed by atoms with Crippen molar-refractivity contribution in [1.82, 2.24) is 5.32 Å². The molecule has 1 N–H and O–H groups in total. The molecule has 27 heavy (non-hydrogen) atoms. The third-order valence-electron chi connectivity index (χ3n) is 6.96. The molecule has 4 aliphatic rings. The van der Waals surface area contributed by atoms with Crippen molar-refractivity contribution < 1.29 is 19.0 Å². The number of nitrogens with one attached hydrogen (secondary N) is 1. The first-order valence-electron chi connectivity index (χ1n) is 10.1. The molecule has 1 amide bonds. The second-order valence-electron chi connectivity index (χ2n) is 8.89. The van der Waals surface area contributed by atoms with Gasteiger partial charge in [-0.15, -0.1) is 0 Å². The molecule has 5 rings (SSSR count). The lowest BCUT2D eigenvalue weighted by atomic mass is 9.49. The van der Waals surface area contributed by atoms with E-state index >= 15 is 0 Å². The molecule has 4 fully saturated rings. The maximum absolute atomic E-state index is 12.8. The van der Waals surface area contributed by atoms with E-state index in [0.29, 0.717) is 30.2 Å². The summed E-state index contributed by atoms with van der Waals surface area (Å²) >= 11 is 0. The number of carbonyl (C=O) groups is 1. The number of hydrogen-bond donors (Lipinski definition) is 1. The van der Waals surface area contributed by atoms with Gasteiger partial charge >= 0.3 is 0 Å². The van der Waals surface area contributed by atoms with E-state index in [0.717, 1.165) is 23.3 Å². The highest BCUT2D eigenvalue weighted by atomic mass is 16.5. The summed E-state index contributed by atoms with van der Waals surface area (Å²) in [5.74, 6) is 4.73. The first-order chi connectivity index (χ1) is 13.0. The molecule has 0 spiro atoms. The van der Waals surface area contributed by atoms with Crippen molar-refractivity contribution >= 4 is 5.91 Å². The van der Waals surface area contributed by atoms with Gasteiger partial charge in [-0.25, -0.2) is 0 Å². The standard InChI is InChI=1S/C22H31NO4/c1-25-18-8-20(27-3)19(26-2)7-17(18)13-23-21(24)12-22-9-14-4-15(10-22)6-16(5-14)11-22/h7-8,14-16H,4-6,9-13H2,1-3H3,(H,23,24). The van der Waals surface area contributed by atoms with Gasteiger partial charge < -0.3 is 19.5 Å². The van der Waals surface area contributed by atoms with E-state index in [2.05, 4.69) is 5.32 Å². The molecule has 4 saturated carbocycles. The Morgan fingerprint density at radius 3 is 1.96 bits per heavy atom. The second-order valence-corrected chi connectivity index (χ2v) is 8.89. The van der Waals surface area contributed by atoms with Crippen LogP contribution in [0.5, 0.6) is 17.2 Å². The molecule has 5 nitrogen and oxygen atoms in total. The van der Waals surface area contributed by atoms with E-state index in [4.69, 9.17) is 14.2 Å². The van der Waals surface area contributed by atoms with Gasteiger partial charge in [-0.05, 0) is 67.8 Å². The average Bonchev–Trinajstić information content (AvgIpc) is 2.64. The number of hydrogen-bond acceptors (Lipinski definition) is 4. The number of benzene rings is 1. The first-order valence-corrected chi connectivity index (χ1v) is 10.1. The van der Waals surface area contributed by atoms with E-state index in [1.807, 2.05) is 6.07 Å². The Balaban J connectivity index is 1.41. The zero-order valence-electron chi connectivity index (χ0n) is 16.7. The molecule has 4 bridgehead atoms. The summed E-state index contributed by atoms with van der Waals surface area (Å²) in [5, 5.41) is 3.12. The molecule has 0 saturated heterocycles. The second kappa shape index (κ2) is 7.25. The zero-order chi connectivity index (χ0) is 19.0. The van der Waals surface area contributed by atoms with Crippen molar-refractivity contribution in [3.8, 4) is 17.2 Å². The minimum Gasteiger partial charge on any atom is -0.496 e. The zero-order valence-corrected chi connectivity index (χ0v) is 16.7. The van der Waals surface area contributed by atoms with Crippen LogP contribution in [-0.4, -0.2) is 27.2 Å². The van der Waals surface area contributed by atoms with Crippen molar-refractivity contribution in [1.29, 1.82) is 0 Å². The Morgan fingerprint density at radius 1 is 0.926 bits per heavy atom. The highest BCUT2D eigenvalue weighted by Gasteiger charge is 2.51. The van der Waals surface area contributed by atoms with E-state index in [-0.39, 0.29) is 11.3 Å². The molecule has 0 radical (unpaired) electrons. The van der Waals surface area contributed by atoms with Crippen LogP contribution in [-0.2, 0) is 11.3 Å². The molecule has 0 aromatic heterocycles. The lowest BCUT2D eigenvalue weighted by molar-refractivity contribution is -0.129. The summed E-state index contributed by atoms with van der Waals surface area (Å²) in [6, 6.07) is 3.68. The quantitative estimate of drug-likeness (QED) is 0.787. The minimum absolute atomic E-state index is 0.161. The number of carbonyl (C=O) groups excluding carboxylic acids is 1. The van der Waals surface area contributed by atoms with Crippen LogP contribution in [0.3, 0.4) is 0 Å². The molecular formula is C22H31NO4. The molecule has 0 atom stereocenters. The van der Waals surface area contributed by atoms with Gasteiger partial charge in [0.1, 0.15) is 5.75 Å². The normalized spacial score (nSPS) is 30.9. The van der Waals surface area contributed by atoms with Gasteiger partial charge in [-0.1, -0.05) is 0 Å². The number of amides is 1. The van der Waals surface area contributed by atoms with E-state index < -0.39 is 0 Å². The summed E-state index contributed by atoms with van der Waals surface area (Å²) in [6.07, 6.45) is 8.66. The van der Waals surface area contributed by atoms with Crippen LogP contribution in [0.15, 0.2) is 12.1 Å². The monoisotopic (exact) mass is 373 g/mol. The van der Waals surface area contributed by atoms with Crippen LogP contribution in [0.25, 0.3) is 0 Å². The van der Waals surface area contributed by atoms with E-state index in [9.17, 15) is 4.79 Å². The number of ether oxygens (including phenoxy) is 3. The molecule has 148 valence electrons. The van der Waals surface area contributed by atoms with Crippen molar-refractivity contribution in [3.05, 3.63) is 17.7 Å². The van der Waals surface area contributed by atoms with Crippen molar-refractivity contribution in [2.24, 2.45) is 23.2 Å². The van der Waals surface area contributed by atoms with Crippen LogP contribution in [0, 0.1) is 23.2 Å². The van der Waals surface area contributed by atoms with Crippen LogP contribution >= 0.6 is 0 Å². The predicted molar refractivity (Wildman–Crippen MR) is 103 cm³/mol. The highest BCUT2D eigenvalue weighted by Crippen LogP contribution is 2.61. The Hall–Kier alpha value is -1.91. The minimum atomic E-state index is 0.161. The molecule has 0 heterocycles. The SMILES string of the molecule is COc1cc(OC)c(OC)cc1CNC(=O)CC12CC3CC(CC(C3)C1)C2. The topological polar surface area (TPSA) is 56.8 Å². The van der Waals surface area contributed by atoms with Gasteiger partial charge in [0.05, 0.1) is 21.3 Å². The fourth-order valence-electron chi connectivity index (χ4n) is 6.33. The highest BCUT2D eigenvalue weighted by molar-refractivity contribution is 5.77. The van der Waals surface area contributed by atoms with Crippen LogP contribution in [0.4, 0.5) is 0 Å². The molecule has 1 aromatic rings. The predicted octanol–water partition coefficient (Wildman–Crippen LogP) is 3.94.